The maximum atomic E-state index is 11.6. The molecule has 2 aromatic carbocycles. The first-order valence-corrected chi connectivity index (χ1v) is 13.9. The quantitative estimate of drug-likeness (QED) is 0.150. The lowest BCUT2D eigenvalue weighted by molar-refractivity contribution is 0.0966. The van der Waals surface area contributed by atoms with E-state index in [1.54, 1.807) is 24.5 Å². The molecule has 40 heavy (non-hydrogen) atoms. The van der Waals surface area contributed by atoms with Crippen molar-refractivity contribution in [3.63, 3.8) is 0 Å². The van der Waals surface area contributed by atoms with Crippen molar-refractivity contribution in [1.82, 2.24) is 15.3 Å². The zero-order valence-electron chi connectivity index (χ0n) is 22.6. The number of aliphatic hydroxyl groups is 1. The van der Waals surface area contributed by atoms with Gasteiger partial charge in [0.2, 0.25) is 11.8 Å². The van der Waals surface area contributed by atoms with E-state index in [9.17, 15) is 9.90 Å². The average molecular weight is 545 g/mol. The number of unbranched alkanes of at least 4 members (excludes halogenated alkanes) is 1. The number of aromatic nitrogens is 2. The number of benzene rings is 2. The van der Waals surface area contributed by atoms with Crippen LogP contribution in [-0.2, 0) is 17.9 Å². The molecule has 1 aliphatic rings. The fraction of sp³-hybridized carbons (Fsp3) is 0.387. The Balaban J connectivity index is 1.01. The minimum absolute atomic E-state index is 0.0163. The van der Waals surface area contributed by atoms with E-state index < -0.39 is 5.91 Å². The summed E-state index contributed by atoms with van der Waals surface area (Å²) in [4.78, 5) is 20.5. The summed E-state index contributed by atoms with van der Waals surface area (Å²) in [6.45, 7) is 3.05. The van der Waals surface area contributed by atoms with Crippen LogP contribution in [0.4, 0.5) is 0 Å². The summed E-state index contributed by atoms with van der Waals surface area (Å²) in [6, 6.07) is 13.1. The van der Waals surface area contributed by atoms with Gasteiger partial charge in [0, 0.05) is 52.8 Å². The largest absolute Gasteiger partial charge is 0.490 e. The molecule has 0 bridgehead atoms. The Morgan fingerprint density at radius 1 is 1.02 bits per heavy atom. The third kappa shape index (κ3) is 6.85. The lowest BCUT2D eigenvalue weighted by atomic mass is 9.96. The van der Waals surface area contributed by atoms with Gasteiger partial charge >= 0.3 is 0 Å². The predicted molar refractivity (Wildman–Crippen MR) is 153 cm³/mol. The topological polar surface area (TPSA) is 129 Å². The smallest absolute Gasteiger partial charge is 0.248 e. The molecule has 9 nitrogen and oxygen atoms in total. The molecular weight excluding hydrogens is 508 g/mol. The molecular formula is C31H36N4O5. The zero-order chi connectivity index (χ0) is 27.7. The van der Waals surface area contributed by atoms with E-state index in [4.69, 9.17) is 19.9 Å². The summed E-state index contributed by atoms with van der Waals surface area (Å²) in [6.07, 6.45) is 9.12. The molecule has 0 radical (unpaired) electrons. The Hall–Kier alpha value is -3.79. The maximum absolute atomic E-state index is 11.6. The minimum atomic E-state index is -0.500. The van der Waals surface area contributed by atoms with Crippen molar-refractivity contribution >= 4 is 27.6 Å². The summed E-state index contributed by atoms with van der Waals surface area (Å²) in [7, 11) is 0. The fourth-order valence-electron chi connectivity index (χ4n) is 4.72. The number of primary amides is 1. The second-order valence-corrected chi connectivity index (χ2v) is 10.1. The van der Waals surface area contributed by atoms with E-state index in [-0.39, 0.29) is 6.61 Å². The first kappa shape index (κ1) is 27.8. The molecule has 1 aliphatic carbocycles. The number of carbonyl (C=O) groups is 1. The van der Waals surface area contributed by atoms with E-state index >= 15 is 0 Å². The van der Waals surface area contributed by atoms with Crippen molar-refractivity contribution in [3.05, 3.63) is 71.5 Å². The number of nitrogens with two attached hydrogens (primary N) is 1. The summed E-state index contributed by atoms with van der Waals surface area (Å²) in [5.74, 6) is 0.780. The van der Waals surface area contributed by atoms with Crippen LogP contribution in [0, 0.1) is 0 Å². The zero-order valence-corrected chi connectivity index (χ0v) is 22.6. The Morgan fingerprint density at radius 2 is 1.93 bits per heavy atom. The van der Waals surface area contributed by atoms with Crippen LogP contribution < -0.4 is 20.5 Å². The summed E-state index contributed by atoms with van der Waals surface area (Å²) < 4.78 is 17.7. The molecule has 0 aliphatic heterocycles. The number of ether oxygens (including phenoxy) is 3. The van der Waals surface area contributed by atoms with Crippen LogP contribution >= 0.6 is 0 Å². The highest BCUT2D eigenvalue weighted by atomic mass is 16.5. The van der Waals surface area contributed by atoms with Gasteiger partial charge in [0.25, 0.3) is 0 Å². The van der Waals surface area contributed by atoms with Crippen LogP contribution in [0.25, 0.3) is 21.7 Å². The Morgan fingerprint density at radius 3 is 2.73 bits per heavy atom. The Kier molecular flexibility index (Phi) is 9.38. The molecule has 2 heterocycles. The first-order valence-electron chi connectivity index (χ1n) is 13.9. The van der Waals surface area contributed by atoms with Gasteiger partial charge in [-0.25, -0.2) is 4.98 Å². The Labute approximate surface area is 233 Å². The number of hydrogen-bond donors (Lipinski definition) is 3. The third-order valence-electron chi connectivity index (χ3n) is 7.17. The number of pyridine rings is 2. The van der Waals surface area contributed by atoms with Crippen molar-refractivity contribution in [3.8, 4) is 11.6 Å². The van der Waals surface area contributed by atoms with Gasteiger partial charge in [-0.05, 0) is 74.5 Å². The average Bonchev–Trinajstić information content (AvgIpc) is 2.95. The predicted octanol–water partition coefficient (Wildman–Crippen LogP) is 4.27. The molecule has 0 atom stereocenters. The van der Waals surface area contributed by atoms with Crippen molar-refractivity contribution in [2.75, 3.05) is 26.4 Å². The number of fused-ring (bicyclic) bond motifs is 3. The van der Waals surface area contributed by atoms with Gasteiger partial charge in [-0.3, -0.25) is 9.78 Å². The number of aliphatic hydroxyl groups excluding tert-OH is 1. The Bertz CT molecular complexity index is 1460. The molecule has 1 fully saturated rings. The number of rotatable bonds is 15. The number of amides is 1. The first-order chi connectivity index (χ1) is 19.6. The van der Waals surface area contributed by atoms with Crippen LogP contribution in [-0.4, -0.2) is 53.5 Å². The van der Waals surface area contributed by atoms with Crippen LogP contribution in [0.5, 0.6) is 11.6 Å². The van der Waals surface area contributed by atoms with Crippen LogP contribution in [0.15, 0.2) is 54.9 Å². The normalized spacial score (nSPS) is 13.4. The SMILES string of the molecule is NC(=O)c1ccc2c(c1)nc(OCCOCCCCNCc1ccc(OC3CCC3)c(CO)c1)c1ccncc12. The molecule has 0 unspecified atom stereocenters. The van der Waals surface area contributed by atoms with Crippen molar-refractivity contribution in [2.24, 2.45) is 5.73 Å². The molecule has 5 rings (SSSR count). The van der Waals surface area contributed by atoms with Crippen LogP contribution in [0.3, 0.4) is 0 Å². The molecule has 210 valence electrons. The van der Waals surface area contributed by atoms with Crippen molar-refractivity contribution in [2.45, 2.75) is 51.4 Å². The van der Waals surface area contributed by atoms with Gasteiger partial charge < -0.3 is 30.4 Å². The molecule has 4 aromatic rings. The maximum Gasteiger partial charge on any atom is 0.248 e. The number of nitrogens with zero attached hydrogens (tertiary/aromatic N) is 2. The number of carbonyl (C=O) groups excluding carboxylic acids is 1. The second kappa shape index (κ2) is 13.5. The molecule has 4 N–H and O–H groups in total. The van der Waals surface area contributed by atoms with E-state index in [0.29, 0.717) is 42.9 Å². The van der Waals surface area contributed by atoms with Gasteiger partial charge in [-0.1, -0.05) is 12.1 Å². The van der Waals surface area contributed by atoms with E-state index in [0.717, 1.165) is 71.8 Å². The van der Waals surface area contributed by atoms with E-state index in [2.05, 4.69) is 21.4 Å². The van der Waals surface area contributed by atoms with Crippen LogP contribution in [0.2, 0.25) is 0 Å². The minimum Gasteiger partial charge on any atom is -0.490 e. The number of nitrogens with one attached hydrogen (secondary N) is 1. The number of hydrogen-bond acceptors (Lipinski definition) is 8. The van der Waals surface area contributed by atoms with Crippen molar-refractivity contribution < 1.29 is 24.1 Å². The van der Waals surface area contributed by atoms with Crippen LogP contribution in [0.1, 0.15) is 53.6 Å². The van der Waals surface area contributed by atoms with E-state index in [1.165, 1.54) is 6.42 Å². The van der Waals surface area contributed by atoms with Gasteiger partial charge in [0.05, 0.1) is 24.8 Å². The highest BCUT2D eigenvalue weighted by molar-refractivity contribution is 6.09. The molecule has 0 saturated heterocycles. The molecule has 0 spiro atoms. The molecule has 9 heteroatoms. The second-order valence-electron chi connectivity index (χ2n) is 10.1. The standard InChI is InChI=1S/C31H36N4O5/c32-30(37)22-7-8-25-27-19-34-12-10-26(27)31(35-28(25)17-22)39-15-14-38-13-2-1-11-33-18-21-6-9-29(23(16-21)20-36)40-24-4-3-5-24/h6-10,12,16-17,19,24,33,36H,1-5,11,13-15,18,20H2,(H2,32,37). The lowest BCUT2D eigenvalue weighted by Gasteiger charge is -2.27. The highest BCUT2D eigenvalue weighted by Crippen LogP contribution is 2.31. The summed E-state index contributed by atoms with van der Waals surface area (Å²) in [5, 5.41) is 15.8. The monoisotopic (exact) mass is 544 g/mol. The lowest BCUT2D eigenvalue weighted by Crippen LogP contribution is -2.25. The van der Waals surface area contributed by atoms with E-state index in [1.807, 2.05) is 24.3 Å². The van der Waals surface area contributed by atoms with Gasteiger partial charge in [0.15, 0.2) is 0 Å². The molecule has 1 saturated carbocycles. The summed E-state index contributed by atoms with van der Waals surface area (Å²) >= 11 is 0. The molecule has 1 amide bonds. The molecule has 2 aromatic heterocycles. The summed E-state index contributed by atoms with van der Waals surface area (Å²) in [5.41, 5.74) is 8.45. The highest BCUT2D eigenvalue weighted by Gasteiger charge is 2.20. The third-order valence-corrected chi connectivity index (χ3v) is 7.17. The van der Waals surface area contributed by atoms with Crippen molar-refractivity contribution in [1.29, 1.82) is 0 Å². The van der Waals surface area contributed by atoms with Gasteiger partial charge in [0.1, 0.15) is 12.4 Å². The van der Waals surface area contributed by atoms with Gasteiger partial charge in [-0.2, -0.15) is 0 Å². The fourth-order valence-corrected chi connectivity index (χ4v) is 4.72. The van der Waals surface area contributed by atoms with Gasteiger partial charge in [-0.15, -0.1) is 0 Å².